The molecule has 0 bridgehead atoms. The van der Waals surface area contributed by atoms with Crippen molar-refractivity contribution in [2.45, 2.75) is 25.7 Å². The molecule has 1 aromatic carbocycles. The van der Waals surface area contributed by atoms with Crippen LogP contribution in [-0.4, -0.2) is 62.3 Å². The number of alkyl halides is 3. The maximum atomic E-state index is 12.4. The highest BCUT2D eigenvalue weighted by Gasteiger charge is 2.34. The van der Waals surface area contributed by atoms with Crippen molar-refractivity contribution >= 4 is 6.03 Å². The highest BCUT2D eigenvalue weighted by Crippen LogP contribution is 2.22. The summed E-state index contributed by atoms with van der Waals surface area (Å²) in [6.07, 6.45) is -3.50. The lowest BCUT2D eigenvalue weighted by atomic mass is 10.1. The Morgan fingerprint density at radius 2 is 1.92 bits per heavy atom. The molecule has 2 amide bonds. The van der Waals surface area contributed by atoms with E-state index in [1.807, 2.05) is 38.4 Å². The van der Waals surface area contributed by atoms with Gasteiger partial charge in [0.2, 0.25) is 0 Å². The summed E-state index contributed by atoms with van der Waals surface area (Å²) in [5.41, 5.74) is 2.20. The number of carbonyl (C=O) groups is 1. The average molecular weight is 372 g/mol. The van der Waals surface area contributed by atoms with Gasteiger partial charge < -0.3 is 15.5 Å². The zero-order valence-corrected chi connectivity index (χ0v) is 15.3. The molecule has 2 N–H and O–H groups in total. The number of hydrogen-bond acceptors (Lipinski definition) is 3. The Kier molecular flexibility index (Phi) is 7.28. The molecule has 5 nitrogen and oxygen atoms in total. The van der Waals surface area contributed by atoms with Gasteiger partial charge in [0.15, 0.2) is 0 Å². The Balaban J connectivity index is 1.72. The van der Waals surface area contributed by atoms with Crippen LogP contribution >= 0.6 is 0 Å². The van der Waals surface area contributed by atoms with Crippen molar-refractivity contribution in [1.29, 1.82) is 0 Å². The van der Waals surface area contributed by atoms with Crippen molar-refractivity contribution < 1.29 is 18.0 Å². The third-order valence-corrected chi connectivity index (χ3v) is 4.37. The molecule has 1 aliphatic heterocycles. The van der Waals surface area contributed by atoms with Crippen LogP contribution in [0.25, 0.3) is 0 Å². The third-order valence-electron chi connectivity index (χ3n) is 4.37. The summed E-state index contributed by atoms with van der Waals surface area (Å²) in [6, 6.07) is 7.61. The van der Waals surface area contributed by atoms with Crippen LogP contribution in [0.2, 0.25) is 0 Å². The second-order valence-electron chi connectivity index (χ2n) is 7.08. The Hall–Kier alpha value is -1.80. The Morgan fingerprint density at radius 3 is 2.58 bits per heavy atom. The molecule has 1 fully saturated rings. The fourth-order valence-corrected chi connectivity index (χ4v) is 3.18. The summed E-state index contributed by atoms with van der Waals surface area (Å²) >= 11 is 0. The molecule has 0 saturated carbocycles. The molecular formula is C18H27F3N4O. The fraction of sp³-hybridized carbons (Fsp3) is 0.611. The monoisotopic (exact) mass is 372 g/mol. The second kappa shape index (κ2) is 9.23. The topological polar surface area (TPSA) is 47.6 Å². The first kappa shape index (κ1) is 20.5. The molecule has 1 heterocycles. The zero-order chi connectivity index (χ0) is 19.2. The van der Waals surface area contributed by atoms with E-state index in [1.54, 1.807) is 0 Å². The number of rotatable bonds is 7. The normalized spacial score (nSPS) is 18.3. The first-order valence-corrected chi connectivity index (χ1v) is 8.75. The van der Waals surface area contributed by atoms with Crippen LogP contribution in [0.3, 0.4) is 0 Å². The smallest absolute Gasteiger partial charge is 0.338 e. The first-order valence-electron chi connectivity index (χ1n) is 8.75. The van der Waals surface area contributed by atoms with Gasteiger partial charge in [-0.05, 0) is 44.1 Å². The number of halogens is 3. The van der Waals surface area contributed by atoms with Gasteiger partial charge in [0.1, 0.15) is 0 Å². The van der Waals surface area contributed by atoms with Crippen molar-refractivity contribution in [3.63, 3.8) is 0 Å². The lowest BCUT2D eigenvalue weighted by Gasteiger charge is -2.18. The first-order chi connectivity index (χ1) is 12.2. The number of urea groups is 1. The van der Waals surface area contributed by atoms with E-state index in [1.165, 1.54) is 4.90 Å². The molecular weight excluding hydrogens is 345 g/mol. The van der Waals surface area contributed by atoms with Gasteiger partial charge in [-0.15, -0.1) is 0 Å². The van der Waals surface area contributed by atoms with Crippen molar-refractivity contribution in [2.75, 3.05) is 40.3 Å². The van der Waals surface area contributed by atoms with E-state index in [0.29, 0.717) is 32.6 Å². The molecule has 1 aromatic rings. The standard InChI is InChI=1S/C18H27F3N4O/c1-24(2)12-16-6-4-3-5-15(16)10-23-17(26)22-9-14-7-8-25(11-14)13-18(19,20)21/h3-6,14H,7-13H2,1-2H3,(H2,22,23,26). The fourth-order valence-electron chi connectivity index (χ4n) is 3.18. The van der Waals surface area contributed by atoms with Crippen LogP contribution in [0.1, 0.15) is 17.5 Å². The minimum absolute atomic E-state index is 0.0594. The Bertz CT molecular complexity index is 592. The van der Waals surface area contributed by atoms with Crippen molar-refractivity contribution in [1.82, 2.24) is 20.4 Å². The maximum absolute atomic E-state index is 12.4. The van der Waals surface area contributed by atoms with Gasteiger partial charge in [-0.3, -0.25) is 4.90 Å². The molecule has 1 atom stereocenters. The number of likely N-dealkylation sites (tertiary alicyclic amines) is 1. The lowest BCUT2D eigenvalue weighted by molar-refractivity contribution is -0.143. The van der Waals surface area contributed by atoms with E-state index >= 15 is 0 Å². The van der Waals surface area contributed by atoms with Gasteiger partial charge in [-0.2, -0.15) is 13.2 Å². The molecule has 0 aliphatic carbocycles. The van der Waals surface area contributed by atoms with Gasteiger partial charge in [0.25, 0.3) is 0 Å². The molecule has 2 rings (SSSR count). The molecule has 0 spiro atoms. The minimum Gasteiger partial charge on any atom is -0.338 e. The summed E-state index contributed by atoms with van der Waals surface area (Å²) in [4.78, 5) is 15.4. The molecule has 1 unspecified atom stereocenters. The quantitative estimate of drug-likeness (QED) is 0.773. The molecule has 1 aliphatic rings. The molecule has 8 heteroatoms. The highest BCUT2D eigenvalue weighted by atomic mass is 19.4. The van der Waals surface area contributed by atoms with Crippen LogP contribution in [0.4, 0.5) is 18.0 Å². The Morgan fingerprint density at radius 1 is 1.23 bits per heavy atom. The van der Waals surface area contributed by atoms with Crippen molar-refractivity contribution in [3.05, 3.63) is 35.4 Å². The van der Waals surface area contributed by atoms with E-state index in [0.717, 1.165) is 17.7 Å². The van der Waals surface area contributed by atoms with Gasteiger partial charge in [0.05, 0.1) is 6.54 Å². The summed E-state index contributed by atoms with van der Waals surface area (Å²) < 4.78 is 37.2. The van der Waals surface area contributed by atoms with Crippen LogP contribution < -0.4 is 10.6 Å². The number of nitrogens with one attached hydrogen (secondary N) is 2. The van der Waals surface area contributed by atoms with Gasteiger partial charge >= 0.3 is 12.2 Å². The SMILES string of the molecule is CN(C)Cc1ccccc1CNC(=O)NCC1CCN(CC(F)(F)F)C1. The number of benzene rings is 1. The van der Waals surface area contributed by atoms with Gasteiger partial charge in [0, 0.05) is 26.2 Å². The van der Waals surface area contributed by atoms with Crippen LogP contribution in [0, 0.1) is 5.92 Å². The molecule has 0 aromatic heterocycles. The number of nitrogens with zero attached hydrogens (tertiary/aromatic N) is 2. The largest absolute Gasteiger partial charge is 0.401 e. The van der Waals surface area contributed by atoms with E-state index in [9.17, 15) is 18.0 Å². The second-order valence-corrected chi connectivity index (χ2v) is 7.08. The highest BCUT2D eigenvalue weighted by molar-refractivity contribution is 5.73. The van der Waals surface area contributed by atoms with E-state index in [-0.39, 0.29) is 11.9 Å². The average Bonchev–Trinajstić information content (AvgIpc) is 2.97. The predicted octanol–water partition coefficient (Wildman–Crippen LogP) is 2.43. The van der Waals surface area contributed by atoms with Gasteiger partial charge in [-0.1, -0.05) is 24.3 Å². The molecule has 26 heavy (non-hydrogen) atoms. The lowest BCUT2D eigenvalue weighted by Crippen LogP contribution is -2.39. The molecule has 0 radical (unpaired) electrons. The zero-order valence-electron chi connectivity index (χ0n) is 15.3. The van der Waals surface area contributed by atoms with Gasteiger partial charge in [-0.25, -0.2) is 4.79 Å². The van der Waals surface area contributed by atoms with Crippen molar-refractivity contribution in [3.8, 4) is 0 Å². The summed E-state index contributed by atoms with van der Waals surface area (Å²) in [5.74, 6) is 0.0594. The minimum atomic E-state index is -4.17. The summed E-state index contributed by atoms with van der Waals surface area (Å²) in [5, 5.41) is 5.59. The number of carbonyl (C=O) groups excluding carboxylic acids is 1. The molecule has 1 saturated heterocycles. The van der Waals surface area contributed by atoms with Crippen LogP contribution in [0.15, 0.2) is 24.3 Å². The third kappa shape index (κ3) is 7.21. The maximum Gasteiger partial charge on any atom is 0.401 e. The number of hydrogen-bond donors (Lipinski definition) is 2. The number of amides is 2. The van der Waals surface area contributed by atoms with Crippen LogP contribution in [-0.2, 0) is 13.1 Å². The Labute approximate surface area is 152 Å². The van der Waals surface area contributed by atoms with E-state index in [2.05, 4.69) is 15.5 Å². The van der Waals surface area contributed by atoms with Crippen molar-refractivity contribution in [2.24, 2.45) is 5.92 Å². The predicted molar refractivity (Wildman–Crippen MR) is 94.7 cm³/mol. The van der Waals surface area contributed by atoms with Crippen LogP contribution in [0.5, 0.6) is 0 Å². The molecule has 146 valence electrons. The summed E-state index contributed by atoms with van der Waals surface area (Å²) in [7, 11) is 3.97. The van der Waals surface area contributed by atoms with E-state index in [4.69, 9.17) is 0 Å². The summed E-state index contributed by atoms with van der Waals surface area (Å²) in [6.45, 7) is 1.51. The van der Waals surface area contributed by atoms with E-state index < -0.39 is 12.7 Å².